The van der Waals surface area contributed by atoms with E-state index in [1.165, 1.54) is 11.1 Å². The third-order valence-electron chi connectivity index (χ3n) is 5.57. The number of amides is 3. The Hall–Kier alpha value is -2.82. The number of rotatable bonds is 2. The average Bonchev–Trinajstić information content (AvgIpc) is 2.68. The van der Waals surface area contributed by atoms with Crippen molar-refractivity contribution in [1.29, 1.82) is 0 Å². The second kappa shape index (κ2) is 7.06. The van der Waals surface area contributed by atoms with Crippen molar-refractivity contribution in [2.24, 2.45) is 0 Å². The summed E-state index contributed by atoms with van der Waals surface area (Å²) in [5.41, 5.74) is 4.42. The van der Waals surface area contributed by atoms with Crippen LogP contribution in [-0.2, 0) is 11.2 Å². The highest BCUT2D eigenvalue weighted by Crippen LogP contribution is 2.33. The Morgan fingerprint density at radius 2 is 1.85 bits per heavy atom. The average molecular weight is 363 g/mol. The topological polar surface area (TPSA) is 52.7 Å². The van der Waals surface area contributed by atoms with Crippen LogP contribution in [0.25, 0.3) is 0 Å². The SMILES string of the molecule is CC(C)c1ccc(NC(=O)N2CC(=O)N3CCc4ccccc4C3C2)cc1. The summed E-state index contributed by atoms with van der Waals surface area (Å²) in [5.74, 6) is 0.470. The van der Waals surface area contributed by atoms with Gasteiger partial charge in [-0.25, -0.2) is 4.79 Å². The van der Waals surface area contributed by atoms with Crippen molar-refractivity contribution in [1.82, 2.24) is 9.80 Å². The van der Waals surface area contributed by atoms with Crippen LogP contribution in [-0.4, -0.2) is 41.4 Å². The molecule has 2 aliphatic rings. The number of carbonyl (C=O) groups excluding carboxylic acids is 2. The summed E-state index contributed by atoms with van der Waals surface area (Å²) in [4.78, 5) is 28.9. The summed E-state index contributed by atoms with van der Waals surface area (Å²) in [6.07, 6.45) is 0.882. The first kappa shape index (κ1) is 17.6. The molecular formula is C22H25N3O2. The molecule has 0 aromatic heterocycles. The molecule has 2 aromatic carbocycles. The molecule has 5 heteroatoms. The van der Waals surface area contributed by atoms with E-state index in [0.717, 1.165) is 24.2 Å². The fourth-order valence-electron chi connectivity index (χ4n) is 3.98. The Bertz CT molecular complexity index is 860. The number of carbonyl (C=O) groups is 2. The summed E-state index contributed by atoms with van der Waals surface area (Å²) >= 11 is 0. The molecule has 5 nitrogen and oxygen atoms in total. The number of piperazine rings is 1. The van der Waals surface area contributed by atoms with Crippen LogP contribution >= 0.6 is 0 Å². The quantitative estimate of drug-likeness (QED) is 0.883. The zero-order valence-electron chi connectivity index (χ0n) is 15.8. The number of anilines is 1. The lowest BCUT2D eigenvalue weighted by atomic mass is 9.91. The van der Waals surface area contributed by atoms with Crippen LogP contribution in [0.1, 0.15) is 42.5 Å². The fraction of sp³-hybridized carbons (Fsp3) is 0.364. The normalized spacial score (nSPS) is 18.9. The molecule has 1 N–H and O–H groups in total. The van der Waals surface area contributed by atoms with Gasteiger partial charge in [-0.15, -0.1) is 0 Å². The highest BCUT2D eigenvalue weighted by Gasteiger charge is 2.38. The van der Waals surface area contributed by atoms with Crippen molar-refractivity contribution >= 4 is 17.6 Å². The number of hydrogen-bond acceptors (Lipinski definition) is 2. The molecule has 0 bridgehead atoms. The molecule has 2 aliphatic heterocycles. The summed E-state index contributed by atoms with van der Waals surface area (Å²) in [6.45, 7) is 5.67. The number of nitrogens with zero attached hydrogens (tertiary/aromatic N) is 2. The van der Waals surface area contributed by atoms with Crippen LogP contribution in [0.2, 0.25) is 0 Å². The van der Waals surface area contributed by atoms with Gasteiger partial charge in [-0.05, 0) is 41.2 Å². The lowest BCUT2D eigenvalue weighted by molar-refractivity contribution is -0.139. The Morgan fingerprint density at radius 3 is 2.59 bits per heavy atom. The van der Waals surface area contributed by atoms with Gasteiger partial charge < -0.3 is 15.1 Å². The summed E-state index contributed by atoms with van der Waals surface area (Å²) in [6, 6.07) is 15.8. The highest BCUT2D eigenvalue weighted by molar-refractivity contribution is 5.93. The van der Waals surface area contributed by atoms with Crippen LogP contribution < -0.4 is 5.32 Å². The second-order valence-corrected chi connectivity index (χ2v) is 7.64. The summed E-state index contributed by atoms with van der Waals surface area (Å²) in [5, 5.41) is 2.93. The van der Waals surface area contributed by atoms with Gasteiger partial charge in [-0.2, -0.15) is 0 Å². The molecule has 3 amide bonds. The Kier molecular flexibility index (Phi) is 4.60. The first-order valence-electron chi connectivity index (χ1n) is 9.56. The summed E-state index contributed by atoms with van der Waals surface area (Å²) < 4.78 is 0. The van der Waals surface area contributed by atoms with Crippen molar-refractivity contribution in [3.63, 3.8) is 0 Å². The molecule has 4 rings (SSSR count). The van der Waals surface area contributed by atoms with E-state index in [0.29, 0.717) is 12.5 Å². The van der Waals surface area contributed by atoms with E-state index in [-0.39, 0.29) is 24.5 Å². The highest BCUT2D eigenvalue weighted by atomic mass is 16.2. The number of hydrogen-bond donors (Lipinski definition) is 1. The van der Waals surface area contributed by atoms with E-state index in [1.807, 2.05) is 41.3 Å². The van der Waals surface area contributed by atoms with Gasteiger partial charge in [0.05, 0.1) is 6.04 Å². The van der Waals surface area contributed by atoms with E-state index >= 15 is 0 Å². The van der Waals surface area contributed by atoms with Crippen LogP contribution in [0.4, 0.5) is 10.5 Å². The van der Waals surface area contributed by atoms with Gasteiger partial charge in [0.2, 0.25) is 5.91 Å². The minimum absolute atomic E-state index is 0.0195. The van der Waals surface area contributed by atoms with Gasteiger partial charge in [0.1, 0.15) is 6.54 Å². The van der Waals surface area contributed by atoms with Crippen molar-refractivity contribution in [3.8, 4) is 0 Å². The second-order valence-electron chi connectivity index (χ2n) is 7.64. The van der Waals surface area contributed by atoms with E-state index in [2.05, 4.69) is 31.3 Å². The number of nitrogens with one attached hydrogen (secondary N) is 1. The van der Waals surface area contributed by atoms with E-state index < -0.39 is 0 Å². The molecule has 0 aliphatic carbocycles. The van der Waals surface area contributed by atoms with Crippen LogP contribution in [0.5, 0.6) is 0 Å². The minimum atomic E-state index is -0.219. The van der Waals surface area contributed by atoms with Gasteiger partial charge >= 0.3 is 6.03 Å². The zero-order chi connectivity index (χ0) is 19.0. The van der Waals surface area contributed by atoms with Gasteiger partial charge in [0.25, 0.3) is 0 Å². The molecule has 1 fully saturated rings. The molecule has 0 saturated carbocycles. The Labute approximate surface area is 160 Å². The van der Waals surface area contributed by atoms with Crippen molar-refractivity contribution in [3.05, 3.63) is 65.2 Å². The monoisotopic (exact) mass is 363 g/mol. The molecule has 140 valence electrons. The maximum Gasteiger partial charge on any atom is 0.322 e. The van der Waals surface area contributed by atoms with Gasteiger partial charge in [0.15, 0.2) is 0 Å². The van der Waals surface area contributed by atoms with Crippen LogP contribution in [0, 0.1) is 0 Å². The fourth-order valence-corrected chi connectivity index (χ4v) is 3.98. The lowest BCUT2D eigenvalue weighted by Crippen LogP contribution is -2.56. The van der Waals surface area contributed by atoms with Gasteiger partial charge in [0, 0.05) is 18.8 Å². The zero-order valence-corrected chi connectivity index (χ0v) is 15.8. The molecule has 2 aromatic rings. The standard InChI is InChI=1S/C22H25N3O2/c1-15(2)16-7-9-18(10-8-16)23-22(27)24-13-20-19-6-4-3-5-17(19)11-12-25(20)21(26)14-24/h3-10,15,20H,11-14H2,1-2H3,(H,23,27). The van der Waals surface area contributed by atoms with Crippen molar-refractivity contribution < 1.29 is 9.59 Å². The first-order chi connectivity index (χ1) is 13.0. The largest absolute Gasteiger partial charge is 0.332 e. The molecule has 1 atom stereocenters. The molecule has 0 spiro atoms. The van der Waals surface area contributed by atoms with E-state index in [4.69, 9.17) is 0 Å². The predicted molar refractivity (Wildman–Crippen MR) is 106 cm³/mol. The van der Waals surface area contributed by atoms with Crippen LogP contribution in [0.3, 0.4) is 0 Å². The van der Waals surface area contributed by atoms with Crippen molar-refractivity contribution in [2.45, 2.75) is 32.2 Å². The smallest absolute Gasteiger partial charge is 0.322 e. The van der Waals surface area contributed by atoms with Gasteiger partial charge in [-0.3, -0.25) is 4.79 Å². The molecule has 2 heterocycles. The van der Waals surface area contributed by atoms with Crippen molar-refractivity contribution in [2.75, 3.05) is 25.0 Å². The van der Waals surface area contributed by atoms with Crippen LogP contribution in [0.15, 0.2) is 48.5 Å². The third kappa shape index (κ3) is 3.42. The minimum Gasteiger partial charge on any atom is -0.332 e. The number of benzene rings is 2. The maximum atomic E-state index is 12.8. The Balaban J connectivity index is 1.50. The molecule has 1 unspecified atom stereocenters. The maximum absolute atomic E-state index is 12.8. The van der Waals surface area contributed by atoms with E-state index in [9.17, 15) is 9.59 Å². The predicted octanol–water partition coefficient (Wildman–Crippen LogP) is 3.78. The lowest BCUT2D eigenvalue weighted by Gasteiger charge is -2.44. The first-order valence-corrected chi connectivity index (χ1v) is 9.56. The third-order valence-corrected chi connectivity index (χ3v) is 5.57. The number of fused-ring (bicyclic) bond motifs is 3. The molecule has 0 radical (unpaired) electrons. The van der Waals surface area contributed by atoms with E-state index in [1.54, 1.807) is 4.90 Å². The Morgan fingerprint density at radius 1 is 1.11 bits per heavy atom. The number of urea groups is 1. The molecule has 27 heavy (non-hydrogen) atoms. The summed E-state index contributed by atoms with van der Waals surface area (Å²) in [7, 11) is 0. The molecular weight excluding hydrogens is 338 g/mol. The van der Waals surface area contributed by atoms with Gasteiger partial charge in [-0.1, -0.05) is 50.2 Å². The molecule has 1 saturated heterocycles.